The maximum absolute atomic E-state index is 13.3. The highest BCUT2D eigenvalue weighted by molar-refractivity contribution is 7.92. The number of benzene rings is 2. The van der Waals surface area contributed by atoms with Gasteiger partial charge in [-0.25, -0.2) is 13.2 Å². The van der Waals surface area contributed by atoms with Gasteiger partial charge in [0.15, 0.2) is 0 Å². The normalized spacial score (nSPS) is 14.0. The average molecular weight is 483 g/mol. The van der Waals surface area contributed by atoms with Crippen molar-refractivity contribution < 1.29 is 31.5 Å². The van der Waals surface area contributed by atoms with Crippen molar-refractivity contribution >= 4 is 21.7 Å². The summed E-state index contributed by atoms with van der Waals surface area (Å²) in [6.45, 7) is 3.66. The molecule has 2 aromatic carbocycles. The quantitative estimate of drug-likeness (QED) is 0.588. The van der Waals surface area contributed by atoms with Gasteiger partial charge in [-0.05, 0) is 48.4 Å². The summed E-state index contributed by atoms with van der Waals surface area (Å²) in [5, 5.41) is 18.5. The van der Waals surface area contributed by atoms with E-state index in [1.54, 1.807) is 36.7 Å². The zero-order valence-electron chi connectivity index (χ0n) is 17.3. The van der Waals surface area contributed by atoms with Crippen LogP contribution in [0.15, 0.2) is 59.8 Å². The molecule has 0 fully saturated rings. The minimum atomic E-state index is -5.08. The van der Waals surface area contributed by atoms with E-state index in [2.05, 4.69) is 15.5 Å². The van der Waals surface area contributed by atoms with Gasteiger partial charge in [0.2, 0.25) is 0 Å². The highest BCUT2D eigenvalue weighted by Gasteiger charge is 2.38. The van der Waals surface area contributed by atoms with E-state index in [-0.39, 0.29) is 4.90 Å². The zero-order chi connectivity index (χ0) is 24.2. The van der Waals surface area contributed by atoms with Crippen LogP contribution in [0.1, 0.15) is 11.1 Å². The number of carboxylic acid groups (broad SMARTS) is 1. The Kier molecular flexibility index (Phi) is 7.03. The minimum absolute atomic E-state index is 0.253. The van der Waals surface area contributed by atoms with Crippen LogP contribution in [0.4, 0.5) is 18.9 Å². The summed E-state index contributed by atoms with van der Waals surface area (Å²) in [6, 6.07) is 12.4. The van der Waals surface area contributed by atoms with Gasteiger partial charge in [0, 0.05) is 19.6 Å². The molecule has 33 heavy (non-hydrogen) atoms. The largest absolute Gasteiger partial charge is 0.490 e. The molecule has 0 bridgehead atoms. The fourth-order valence-corrected chi connectivity index (χ4v) is 4.64. The first-order valence-electron chi connectivity index (χ1n) is 9.60. The lowest BCUT2D eigenvalue weighted by atomic mass is 10.1. The Morgan fingerprint density at radius 1 is 1.09 bits per heavy atom. The lowest BCUT2D eigenvalue weighted by molar-refractivity contribution is -0.192. The summed E-state index contributed by atoms with van der Waals surface area (Å²) in [7, 11) is -3.66. The SMILES string of the molecule is Cc1cccc2c1CNCCN2S(=O)(=O)c1ccc(-n2nccn2)cc1.O=C(O)C(F)(F)F. The summed E-state index contributed by atoms with van der Waals surface area (Å²) in [4.78, 5) is 10.6. The van der Waals surface area contributed by atoms with Crippen LogP contribution in [0.3, 0.4) is 0 Å². The molecule has 176 valence electrons. The molecule has 0 saturated heterocycles. The van der Waals surface area contributed by atoms with Crippen molar-refractivity contribution in [1.82, 2.24) is 20.3 Å². The van der Waals surface area contributed by atoms with Crippen molar-refractivity contribution in [1.29, 1.82) is 0 Å². The topological polar surface area (TPSA) is 117 Å². The second-order valence-corrected chi connectivity index (χ2v) is 8.80. The maximum Gasteiger partial charge on any atom is 0.490 e. The zero-order valence-corrected chi connectivity index (χ0v) is 18.1. The molecule has 1 aliphatic heterocycles. The summed E-state index contributed by atoms with van der Waals surface area (Å²) >= 11 is 0. The van der Waals surface area contributed by atoms with Gasteiger partial charge in [0.1, 0.15) is 0 Å². The van der Waals surface area contributed by atoms with Crippen molar-refractivity contribution in [3.63, 3.8) is 0 Å². The molecule has 3 aromatic rings. The molecule has 0 amide bonds. The summed E-state index contributed by atoms with van der Waals surface area (Å²) in [6.07, 6.45) is -1.93. The van der Waals surface area contributed by atoms with Gasteiger partial charge in [-0.15, -0.1) is 0 Å². The molecule has 0 spiro atoms. The van der Waals surface area contributed by atoms with Crippen LogP contribution in [-0.4, -0.2) is 53.8 Å². The molecule has 0 unspecified atom stereocenters. The van der Waals surface area contributed by atoms with Gasteiger partial charge in [0.25, 0.3) is 10.0 Å². The number of anilines is 1. The Bertz CT molecular complexity index is 1210. The van der Waals surface area contributed by atoms with Crippen molar-refractivity contribution in [2.24, 2.45) is 0 Å². The van der Waals surface area contributed by atoms with Crippen molar-refractivity contribution in [3.05, 3.63) is 66.0 Å². The lowest BCUT2D eigenvalue weighted by Crippen LogP contribution is -2.34. The van der Waals surface area contributed by atoms with Crippen molar-refractivity contribution in [2.45, 2.75) is 24.5 Å². The van der Waals surface area contributed by atoms with Gasteiger partial charge < -0.3 is 10.4 Å². The van der Waals surface area contributed by atoms with Gasteiger partial charge in [-0.3, -0.25) is 4.31 Å². The van der Waals surface area contributed by atoms with Crippen LogP contribution in [0.5, 0.6) is 0 Å². The van der Waals surface area contributed by atoms with E-state index < -0.39 is 22.2 Å². The third-order valence-corrected chi connectivity index (χ3v) is 6.59. The number of nitrogens with one attached hydrogen (secondary N) is 1. The van der Waals surface area contributed by atoms with Crippen LogP contribution in [0, 0.1) is 6.92 Å². The highest BCUT2D eigenvalue weighted by atomic mass is 32.2. The van der Waals surface area contributed by atoms with Crippen LogP contribution in [-0.2, 0) is 21.4 Å². The molecule has 1 aromatic heterocycles. The number of sulfonamides is 1. The van der Waals surface area contributed by atoms with Gasteiger partial charge >= 0.3 is 12.1 Å². The number of carbonyl (C=O) groups is 1. The number of halogens is 3. The summed E-state index contributed by atoms with van der Waals surface area (Å²) < 4.78 is 59.8. The molecule has 0 saturated carbocycles. The van der Waals surface area contributed by atoms with Crippen LogP contribution < -0.4 is 9.62 Å². The van der Waals surface area contributed by atoms with E-state index in [0.717, 1.165) is 16.8 Å². The maximum atomic E-state index is 13.3. The number of hydrogen-bond acceptors (Lipinski definition) is 6. The number of nitrogens with zero attached hydrogens (tertiary/aromatic N) is 4. The number of aryl methyl sites for hydroxylation is 1. The van der Waals surface area contributed by atoms with Crippen molar-refractivity contribution in [3.8, 4) is 5.69 Å². The molecule has 2 heterocycles. The fraction of sp³-hybridized carbons (Fsp3) is 0.250. The van der Waals surface area contributed by atoms with Gasteiger partial charge in [-0.1, -0.05) is 12.1 Å². The Labute approximate surface area is 187 Å². The number of hydrogen-bond donors (Lipinski definition) is 2. The number of aromatic nitrogens is 3. The molecule has 0 aliphatic carbocycles. The van der Waals surface area contributed by atoms with E-state index in [0.29, 0.717) is 25.3 Å². The molecule has 4 rings (SSSR count). The Morgan fingerprint density at radius 3 is 2.27 bits per heavy atom. The highest BCUT2D eigenvalue weighted by Crippen LogP contribution is 2.30. The number of aliphatic carboxylic acids is 1. The van der Waals surface area contributed by atoms with Gasteiger partial charge in [-0.2, -0.15) is 28.2 Å². The molecule has 9 nitrogen and oxygen atoms in total. The Hall–Kier alpha value is -3.45. The Morgan fingerprint density at radius 2 is 1.70 bits per heavy atom. The van der Waals surface area contributed by atoms with E-state index in [4.69, 9.17) is 9.90 Å². The van der Waals surface area contributed by atoms with E-state index in [1.165, 1.54) is 9.10 Å². The third-order valence-electron chi connectivity index (χ3n) is 4.76. The summed E-state index contributed by atoms with van der Waals surface area (Å²) in [5.74, 6) is -2.76. The predicted molar refractivity (Wildman–Crippen MR) is 112 cm³/mol. The van der Waals surface area contributed by atoms with E-state index in [9.17, 15) is 21.6 Å². The Balaban J connectivity index is 0.000000383. The second kappa shape index (κ2) is 9.58. The lowest BCUT2D eigenvalue weighted by Gasteiger charge is -2.25. The van der Waals surface area contributed by atoms with Crippen molar-refractivity contribution in [2.75, 3.05) is 17.4 Å². The molecular formula is C20H20F3N5O4S. The smallest absolute Gasteiger partial charge is 0.475 e. The average Bonchev–Trinajstić information content (AvgIpc) is 3.20. The molecule has 0 atom stereocenters. The number of alkyl halides is 3. The molecular weight excluding hydrogens is 463 g/mol. The molecule has 2 N–H and O–H groups in total. The minimum Gasteiger partial charge on any atom is -0.475 e. The van der Waals surface area contributed by atoms with Crippen LogP contribution in [0.2, 0.25) is 0 Å². The number of fused-ring (bicyclic) bond motifs is 1. The molecule has 1 aliphatic rings. The van der Waals surface area contributed by atoms with E-state index in [1.807, 2.05) is 25.1 Å². The van der Waals surface area contributed by atoms with Gasteiger partial charge in [0.05, 0.1) is 28.7 Å². The fourth-order valence-electron chi connectivity index (χ4n) is 3.14. The number of rotatable bonds is 3. The standard InChI is InChI=1S/C18H19N5O2S.C2HF3O2/c1-14-3-2-4-18-17(14)13-19-11-12-22(18)26(24,25)16-7-5-15(6-8-16)23-20-9-10-21-23;3-2(4,5)1(6)7/h2-10,19H,11-13H2,1H3;(H,6,7). The second-order valence-electron chi connectivity index (χ2n) is 6.94. The first-order valence-corrected chi connectivity index (χ1v) is 11.0. The predicted octanol–water partition coefficient (Wildman–Crippen LogP) is 2.51. The van der Waals surface area contributed by atoms with Crippen LogP contribution in [0.25, 0.3) is 5.69 Å². The first kappa shape index (κ1) is 24.2. The molecule has 0 radical (unpaired) electrons. The third kappa shape index (κ3) is 5.49. The molecule has 13 heteroatoms. The van der Waals surface area contributed by atoms with Crippen LogP contribution >= 0.6 is 0 Å². The number of carboxylic acids is 1. The summed E-state index contributed by atoms with van der Waals surface area (Å²) in [5.41, 5.74) is 3.55. The monoisotopic (exact) mass is 483 g/mol. The van der Waals surface area contributed by atoms with E-state index >= 15 is 0 Å². The first-order chi connectivity index (χ1) is 15.5.